The molecule has 1 N–H and O–H groups in total. The van der Waals surface area contributed by atoms with Crippen molar-refractivity contribution in [3.63, 3.8) is 0 Å². The van der Waals surface area contributed by atoms with Crippen LogP contribution >= 0.6 is 0 Å². The van der Waals surface area contributed by atoms with E-state index in [0.29, 0.717) is 12.4 Å². The van der Waals surface area contributed by atoms with Gasteiger partial charge >= 0.3 is 5.97 Å². The van der Waals surface area contributed by atoms with E-state index in [1.807, 2.05) is 36.0 Å². The van der Waals surface area contributed by atoms with Crippen molar-refractivity contribution in [2.24, 2.45) is 0 Å². The van der Waals surface area contributed by atoms with E-state index < -0.39 is 5.97 Å². The van der Waals surface area contributed by atoms with E-state index in [1.165, 1.54) is 0 Å². The summed E-state index contributed by atoms with van der Waals surface area (Å²) in [6, 6.07) is 8.65. The molecule has 2 aromatic rings. The quantitative estimate of drug-likeness (QED) is 0.881. The van der Waals surface area contributed by atoms with Gasteiger partial charge in [0.1, 0.15) is 5.75 Å². The summed E-state index contributed by atoms with van der Waals surface area (Å²) in [4.78, 5) is 11.0. The van der Waals surface area contributed by atoms with E-state index in [4.69, 9.17) is 9.84 Å². The second-order valence-corrected chi connectivity index (χ2v) is 3.93. The minimum absolute atomic E-state index is 0.252. The first kappa shape index (κ1) is 12.2. The SMILES string of the molecule is CCCOc1ccc(C(=O)O)cc1-n1cccc1. The second kappa shape index (κ2) is 5.40. The maximum Gasteiger partial charge on any atom is 0.335 e. The van der Waals surface area contributed by atoms with Crippen molar-refractivity contribution in [2.75, 3.05) is 6.61 Å². The molecule has 0 saturated heterocycles. The summed E-state index contributed by atoms with van der Waals surface area (Å²) >= 11 is 0. The molecule has 1 aromatic carbocycles. The van der Waals surface area contributed by atoms with E-state index in [9.17, 15) is 4.79 Å². The van der Waals surface area contributed by atoms with E-state index in [1.54, 1.807) is 18.2 Å². The third-order valence-electron chi connectivity index (χ3n) is 2.55. The van der Waals surface area contributed by atoms with Gasteiger partial charge in [-0.3, -0.25) is 0 Å². The highest BCUT2D eigenvalue weighted by atomic mass is 16.5. The van der Waals surface area contributed by atoms with Gasteiger partial charge in [0.05, 0.1) is 17.9 Å². The molecule has 0 amide bonds. The zero-order valence-corrected chi connectivity index (χ0v) is 10.2. The van der Waals surface area contributed by atoms with E-state index in [-0.39, 0.29) is 5.56 Å². The highest BCUT2D eigenvalue weighted by Gasteiger charge is 2.10. The van der Waals surface area contributed by atoms with Crippen LogP contribution in [0.2, 0.25) is 0 Å². The molecule has 0 aliphatic carbocycles. The summed E-state index contributed by atoms with van der Waals surface area (Å²) in [5.74, 6) is -0.247. The molecular weight excluding hydrogens is 230 g/mol. The maximum atomic E-state index is 11.0. The Morgan fingerprint density at radius 1 is 1.33 bits per heavy atom. The first-order chi connectivity index (χ1) is 8.72. The van der Waals surface area contributed by atoms with Crippen LogP contribution in [0.25, 0.3) is 5.69 Å². The summed E-state index contributed by atoms with van der Waals surface area (Å²) in [6.07, 6.45) is 4.63. The van der Waals surface area contributed by atoms with Crippen molar-refractivity contribution in [2.45, 2.75) is 13.3 Å². The molecule has 0 saturated carbocycles. The molecule has 4 heteroatoms. The van der Waals surface area contributed by atoms with Crippen LogP contribution in [0.5, 0.6) is 5.75 Å². The monoisotopic (exact) mass is 245 g/mol. The van der Waals surface area contributed by atoms with Gasteiger partial charge in [-0.15, -0.1) is 0 Å². The average Bonchev–Trinajstić information content (AvgIpc) is 2.89. The van der Waals surface area contributed by atoms with Crippen LogP contribution in [-0.4, -0.2) is 22.2 Å². The predicted octanol–water partition coefficient (Wildman–Crippen LogP) is 2.96. The number of ether oxygens (including phenoxy) is 1. The number of carboxylic acids is 1. The molecule has 0 radical (unpaired) electrons. The lowest BCUT2D eigenvalue weighted by molar-refractivity contribution is 0.0697. The molecule has 4 nitrogen and oxygen atoms in total. The molecule has 0 fully saturated rings. The lowest BCUT2D eigenvalue weighted by Gasteiger charge is -2.12. The first-order valence-corrected chi connectivity index (χ1v) is 5.86. The number of rotatable bonds is 5. The lowest BCUT2D eigenvalue weighted by Crippen LogP contribution is -2.03. The van der Waals surface area contributed by atoms with Crippen molar-refractivity contribution in [1.82, 2.24) is 4.57 Å². The molecule has 0 atom stereocenters. The number of hydrogen-bond donors (Lipinski definition) is 1. The van der Waals surface area contributed by atoms with Crippen LogP contribution in [-0.2, 0) is 0 Å². The Morgan fingerprint density at radius 3 is 2.67 bits per heavy atom. The number of hydrogen-bond acceptors (Lipinski definition) is 2. The summed E-state index contributed by atoms with van der Waals surface area (Å²) in [7, 11) is 0. The molecule has 1 aromatic heterocycles. The zero-order valence-electron chi connectivity index (χ0n) is 10.2. The topological polar surface area (TPSA) is 51.5 Å². The second-order valence-electron chi connectivity index (χ2n) is 3.93. The standard InChI is InChI=1S/C14H15NO3/c1-2-9-18-13-6-5-11(14(16)17)10-12(13)15-7-3-4-8-15/h3-8,10H,2,9H2,1H3,(H,16,17). The van der Waals surface area contributed by atoms with Crippen LogP contribution in [0.1, 0.15) is 23.7 Å². The van der Waals surface area contributed by atoms with Gasteiger partial charge in [-0.2, -0.15) is 0 Å². The average molecular weight is 245 g/mol. The largest absolute Gasteiger partial charge is 0.491 e. The van der Waals surface area contributed by atoms with E-state index in [2.05, 4.69) is 0 Å². The van der Waals surface area contributed by atoms with Crippen molar-refractivity contribution in [3.8, 4) is 11.4 Å². The molecule has 18 heavy (non-hydrogen) atoms. The Labute approximate surface area is 105 Å². The first-order valence-electron chi connectivity index (χ1n) is 5.86. The molecule has 94 valence electrons. The summed E-state index contributed by atoms with van der Waals surface area (Å²) < 4.78 is 7.48. The molecule has 2 rings (SSSR count). The molecule has 0 aliphatic heterocycles. The molecule has 1 heterocycles. The Hall–Kier alpha value is -2.23. The fraction of sp³-hybridized carbons (Fsp3) is 0.214. The van der Waals surface area contributed by atoms with Crippen LogP contribution in [0.15, 0.2) is 42.7 Å². The smallest absolute Gasteiger partial charge is 0.335 e. The van der Waals surface area contributed by atoms with Gasteiger partial charge in [0.25, 0.3) is 0 Å². The minimum Gasteiger partial charge on any atom is -0.491 e. The van der Waals surface area contributed by atoms with Crippen LogP contribution in [0, 0.1) is 0 Å². The van der Waals surface area contributed by atoms with Crippen LogP contribution < -0.4 is 4.74 Å². The van der Waals surface area contributed by atoms with Crippen molar-refractivity contribution in [3.05, 3.63) is 48.3 Å². The van der Waals surface area contributed by atoms with Gasteiger partial charge in [-0.05, 0) is 36.8 Å². The van der Waals surface area contributed by atoms with Gasteiger partial charge in [0.15, 0.2) is 0 Å². The molecule has 0 aliphatic rings. The summed E-state index contributed by atoms with van der Waals surface area (Å²) in [5.41, 5.74) is 0.996. The van der Waals surface area contributed by atoms with Crippen molar-refractivity contribution in [1.29, 1.82) is 0 Å². The third kappa shape index (κ3) is 2.53. The van der Waals surface area contributed by atoms with Crippen molar-refractivity contribution < 1.29 is 14.6 Å². The van der Waals surface area contributed by atoms with E-state index >= 15 is 0 Å². The number of nitrogens with zero attached hydrogens (tertiary/aromatic N) is 1. The minimum atomic E-state index is -0.939. The number of carbonyl (C=O) groups is 1. The number of aromatic carboxylic acids is 1. The van der Waals surface area contributed by atoms with Gasteiger partial charge < -0.3 is 14.4 Å². The molecule has 0 unspecified atom stereocenters. The van der Waals surface area contributed by atoms with Crippen LogP contribution in [0.4, 0.5) is 0 Å². The normalized spacial score (nSPS) is 10.3. The molecular formula is C14H15NO3. The van der Waals surface area contributed by atoms with E-state index in [0.717, 1.165) is 12.1 Å². The highest BCUT2D eigenvalue weighted by molar-refractivity contribution is 5.88. The molecule has 0 bridgehead atoms. The Kier molecular flexibility index (Phi) is 3.67. The summed E-state index contributed by atoms with van der Waals surface area (Å²) in [5, 5.41) is 9.02. The zero-order chi connectivity index (χ0) is 13.0. The van der Waals surface area contributed by atoms with Gasteiger partial charge in [0, 0.05) is 12.4 Å². The van der Waals surface area contributed by atoms with Gasteiger partial charge in [-0.25, -0.2) is 4.79 Å². The summed E-state index contributed by atoms with van der Waals surface area (Å²) in [6.45, 7) is 2.64. The number of aromatic nitrogens is 1. The highest BCUT2D eigenvalue weighted by Crippen LogP contribution is 2.24. The van der Waals surface area contributed by atoms with Crippen LogP contribution in [0.3, 0.4) is 0 Å². The number of benzene rings is 1. The van der Waals surface area contributed by atoms with Crippen molar-refractivity contribution >= 4 is 5.97 Å². The van der Waals surface area contributed by atoms with Gasteiger partial charge in [-0.1, -0.05) is 6.92 Å². The fourth-order valence-electron chi connectivity index (χ4n) is 1.68. The predicted molar refractivity (Wildman–Crippen MR) is 68.5 cm³/mol. The van der Waals surface area contributed by atoms with Gasteiger partial charge in [0.2, 0.25) is 0 Å². The maximum absolute atomic E-state index is 11.0. The Morgan fingerprint density at radius 2 is 2.06 bits per heavy atom. The third-order valence-corrected chi connectivity index (χ3v) is 2.55. The fourth-order valence-corrected chi connectivity index (χ4v) is 1.68. The Balaban J connectivity index is 2.43. The molecule has 0 spiro atoms. The Bertz CT molecular complexity index is 532. The lowest BCUT2D eigenvalue weighted by atomic mass is 10.2. The number of carboxylic acid groups (broad SMARTS) is 1.